The van der Waals surface area contributed by atoms with Crippen molar-refractivity contribution >= 4 is 17.8 Å². The Balaban J connectivity index is 1.46. The zero-order valence-corrected chi connectivity index (χ0v) is 20.0. The zero-order valence-electron chi connectivity index (χ0n) is 20.0. The van der Waals surface area contributed by atoms with E-state index in [0.29, 0.717) is 30.5 Å². The Morgan fingerprint density at radius 1 is 0.971 bits per heavy atom. The van der Waals surface area contributed by atoms with Crippen LogP contribution in [-0.2, 0) is 19.0 Å². The van der Waals surface area contributed by atoms with E-state index in [1.807, 2.05) is 38.1 Å². The summed E-state index contributed by atoms with van der Waals surface area (Å²) in [4.78, 5) is 39.6. The van der Waals surface area contributed by atoms with Gasteiger partial charge in [-0.1, -0.05) is 35.4 Å². The number of aryl methyl sites for hydroxylation is 2. The predicted molar refractivity (Wildman–Crippen MR) is 127 cm³/mol. The van der Waals surface area contributed by atoms with E-state index in [1.165, 1.54) is 0 Å². The summed E-state index contributed by atoms with van der Waals surface area (Å²) in [5.41, 5.74) is 2.87. The van der Waals surface area contributed by atoms with Crippen molar-refractivity contribution in [3.8, 4) is 0 Å². The van der Waals surface area contributed by atoms with Gasteiger partial charge in [0.2, 0.25) is 5.91 Å². The van der Waals surface area contributed by atoms with Gasteiger partial charge in [-0.2, -0.15) is 0 Å². The lowest BCUT2D eigenvalue weighted by atomic mass is 10.1. The first-order valence-corrected chi connectivity index (χ1v) is 11.9. The molecule has 0 aliphatic carbocycles. The SMILES string of the molecule is Cc1ccc(C(=O)OC[C@H]2O[C@@H](N3CC[C@H](O)CCC3=O)CC2OC(=O)c2ccc(C)cc2)cc1. The Bertz CT molecular complexity index is 1050. The van der Waals surface area contributed by atoms with Crippen LogP contribution in [0.5, 0.6) is 0 Å². The maximum absolute atomic E-state index is 12.8. The molecular weight excluding hydrogens is 450 g/mol. The molecule has 8 nitrogen and oxygen atoms in total. The lowest BCUT2D eigenvalue weighted by Crippen LogP contribution is -2.40. The molecule has 8 heteroatoms. The van der Waals surface area contributed by atoms with Crippen LogP contribution in [0, 0.1) is 13.8 Å². The number of nitrogens with zero attached hydrogens (tertiary/aromatic N) is 1. The zero-order chi connectivity index (χ0) is 24.9. The Morgan fingerprint density at radius 3 is 2.20 bits per heavy atom. The summed E-state index contributed by atoms with van der Waals surface area (Å²) in [6.07, 6.45) is -1.27. The normalized spacial score (nSPS) is 24.7. The van der Waals surface area contributed by atoms with Gasteiger partial charge in [0.25, 0.3) is 0 Å². The minimum atomic E-state index is -0.732. The maximum atomic E-state index is 12.8. The molecule has 0 saturated carbocycles. The molecule has 1 amide bonds. The van der Waals surface area contributed by atoms with E-state index in [1.54, 1.807) is 29.2 Å². The average molecular weight is 482 g/mol. The van der Waals surface area contributed by atoms with Crippen molar-refractivity contribution in [1.29, 1.82) is 0 Å². The van der Waals surface area contributed by atoms with Gasteiger partial charge in [0.1, 0.15) is 25.0 Å². The summed E-state index contributed by atoms with van der Waals surface area (Å²) in [6, 6.07) is 14.1. The van der Waals surface area contributed by atoms with Crippen LogP contribution in [0.25, 0.3) is 0 Å². The number of carbonyl (C=O) groups is 3. The summed E-state index contributed by atoms with van der Waals surface area (Å²) in [5, 5.41) is 9.96. The van der Waals surface area contributed by atoms with Crippen molar-refractivity contribution in [2.75, 3.05) is 13.2 Å². The molecule has 2 aliphatic heterocycles. The molecule has 4 rings (SSSR count). The summed E-state index contributed by atoms with van der Waals surface area (Å²) in [7, 11) is 0. The van der Waals surface area contributed by atoms with E-state index in [-0.39, 0.29) is 25.4 Å². The molecule has 4 atom stereocenters. The molecule has 0 bridgehead atoms. The highest BCUT2D eigenvalue weighted by molar-refractivity contribution is 5.90. The predicted octanol–water partition coefficient (Wildman–Crippen LogP) is 3.17. The third-order valence-electron chi connectivity index (χ3n) is 6.45. The molecule has 2 heterocycles. The molecule has 1 unspecified atom stereocenters. The highest BCUT2D eigenvalue weighted by Gasteiger charge is 2.43. The summed E-state index contributed by atoms with van der Waals surface area (Å²) in [5.74, 6) is -1.13. The van der Waals surface area contributed by atoms with E-state index < -0.39 is 36.5 Å². The first-order chi connectivity index (χ1) is 16.8. The number of benzene rings is 2. The third kappa shape index (κ3) is 6.26. The number of carbonyl (C=O) groups excluding carboxylic acids is 3. The fourth-order valence-corrected chi connectivity index (χ4v) is 4.29. The van der Waals surface area contributed by atoms with Gasteiger partial charge in [0.15, 0.2) is 0 Å². The Morgan fingerprint density at radius 2 is 1.57 bits per heavy atom. The number of hydrogen-bond donors (Lipinski definition) is 1. The number of aliphatic hydroxyl groups excluding tert-OH is 1. The molecule has 2 fully saturated rings. The first-order valence-electron chi connectivity index (χ1n) is 11.9. The Hall–Kier alpha value is -3.23. The minimum Gasteiger partial charge on any atom is -0.459 e. The molecular formula is C27H31NO7. The van der Waals surface area contributed by atoms with Gasteiger partial charge in [0.05, 0.1) is 17.2 Å². The van der Waals surface area contributed by atoms with Crippen molar-refractivity contribution in [1.82, 2.24) is 4.90 Å². The average Bonchev–Trinajstić information content (AvgIpc) is 3.15. The number of aliphatic hydroxyl groups is 1. The van der Waals surface area contributed by atoms with Gasteiger partial charge in [-0.25, -0.2) is 9.59 Å². The van der Waals surface area contributed by atoms with Crippen LogP contribution < -0.4 is 0 Å². The van der Waals surface area contributed by atoms with E-state index in [0.717, 1.165) is 11.1 Å². The molecule has 2 aromatic carbocycles. The van der Waals surface area contributed by atoms with Crippen molar-refractivity contribution in [3.63, 3.8) is 0 Å². The highest BCUT2D eigenvalue weighted by Crippen LogP contribution is 2.29. The van der Waals surface area contributed by atoms with Crippen LogP contribution in [0.3, 0.4) is 0 Å². The number of likely N-dealkylation sites (tertiary alicyclic amines) is 1. The van der Waals surface area contributed by atoms with Crippen LogP contribution in [0.2, 0.25) is 0 Å². The highest BCUT2D eigenvalue weighted by atomic mass is 16.6. The lowest BCUT2D eigenvalue weighted by Gasteiger charge is -2.27. The third-order valence-corrected chi connectivity index (χ3v) is 6.45. The van der Waals surface area contributed by atoms with Crippen molar-refractivity contribution < 1.29 is 33.7 Å². The quantitative estimate of drug-likeness (QED) is 0.632. The summed E-state index contributed by atoms with van der Waals surface area (Å²) in [6.45, 7) is 4.08. The summed E-state index contributed by atoms with van der Waals surface area (Å²) < 4.78 is 17.4. The van der Waals surface area contributed by atoms with Gasteiger partial charge in [-0.3, -0.25) is 4.79 Å². The number of rotatable bonds is 6. The maximum Gasteiger partial charge on any atom is 0.338 e. The van der Waals surface area contributed by atoms with Crippen LogP contribution in [0.4, 0.5) is 0 Å². The number of ether oxygens (including phenoxy) is 3. The fraction of sp³-hybridized carbons (Fsp3) is 0.444. The molecule has 35 heavy (non-hydrogen) atoms. The lowest BCUT2D eigenvalue weighted by molar-refractivity contribution is -0.146. The standard InChI is InChI=1S/C27H31NO7/c1-17-3-7-19(8-4-17)26(31)33-16-23-22(35-27(32)20-9-5-18(2)6-10-20)15-25(34-23)28-14-13-21(29)11-12-24(28)30/h3-10,21-23,25,29H,11-16H2,1-2H3/t21-,22?,23-,25-/m1/s1. The molecule has 0 aromatic heterocycles. The van der Waals surface area contributed by atoms with Gasteiger partial charge in [0, 0.05) is 19.4 Å². The van der Waals surface area contributed by atoms with E-state index in [4.69, 9.17) is 14.2 Å². The Kier molecular flexibility index (Phi) is 7.83. The van der Waals surface area contributed by atoms with Crippen LogP contribution >= 0.6 is 0 Å². The molecule has 186 valence electrons. The van der Waals surface area contributed by atoms with Crippen molar-refractivity contribution in [2.24, 2.45) is 0 Å². The van der Waals surface area contributed by atoms with Crippen molar-refractivity contribution in [2.45, 2.75) is 64.1 Å². The molecule has 2 aromatic rings. The first kappa shape index (κ1) is 24.9. The number of hydrogen-bond acceptors (Lipinski definition) is 7. The largest absolute Gasteiger partial charge is 0.459 e. The number of amides is 1. The molecule has 2 aliphatic rings. The second-order valence-corrected chi connectivity index (χ2v) is 9.21. The van der Waals surface area contributed by atoms with Crippen LogP contribution in [0.1, 0.15) is 57.5 Å². The number of esters is 2. The van der Waals surface area contributed by atoms with Crippen molar-refractivity contribution in [3.05, 3.63) is 70.8 Å². The van der Waals surface area contributed by atoms with Gasteiger partial charge >= 0.3 is 11.9 Å². The monoisotopic (exact) mass is 481 g/mol. The van der Waals surface area contributed by atoms with Crippen LogP contribution in [0.15, 0.2) is 48.5 Å². The second-order valence-electron chi connectivity index (χ2n) is 9.21. The fourth-order valence-electron chi connectivity index (χ4n) is 4.29. The molecule has 2 saturated heterocycles. The van der Waals surface area contributed by atoms with Crippen LogP contribution in [-0.4, -0.2) is 65.5 Å². The van der Waals surface area contributed by atoms with Gasteiger partial charge < -0.3 is 24.2 Å². The minimum absolute atomic E-state index is 0.118. The van der Waals surface area contributed by atoms with Gasteiger partial charge in [-0.05, 0) is 51.0 Å². The smallest absolute Gasteiger partial charge is 0.338 e. The van der Waals surface area contributed by atoms with E-state index in [2.05, 4.69) is 0 Å². The second kappa shape index (κ2) is 11.0. The molecule has 0 spiro atoms. The Labute approximate surface area is 204 Å². The summed E-state index contributed by atoms with van der Waals surface area (Å²) >= 11 is 0. The topological polar surface area (TPSA) is 102 Å². The van der Waals surface area contributed by atoms with Gasteiger partial charge in [-0.15, -0.1) is 0 Å². The van der Waals surface area contributed by atoms with E-state index >= 15 is 0 Å². The molecule has 0 radical (unpaired) electrons. The van der Waals surface area contributed by atoms with E-state index in [9.17, 15) is 19.5 Å². The molecule has 1 N–H and O–H groups in total.